The van der Waals surface area contributed by atoms with Crippen molar-refractivity contribution in [1.82, 2.24) is 14.9 Å². The van der Waals surface area contributed by atoms with E-state index in [1.165, 1.54) is 13.3 Å². The molecule has 1 aliphatic heterocycles. The lowest BCUT2D eigenvalue weighted by atomic mass is 9.87. The summed E-state index contributed by atoms with van der Waals surface area (Å²) in [6.45, 7) is 2.47. The molecular formula is C24H27F5N6O. The first-order valence-electron chi connectivity index (χ1n) is 11.1. The molecule has 0 saturated carbocycles. The molecule has 194 valence electrons. The Hall–Kier alpha value is -3.57. The van der Waals surface area contributed by atoms with Gasteiger partial charge >= 0.3 is 6.18 Å². The maximum Gasteiger partial charge on any atom is 0.419 e. The van der Waals surface area contributed by atoms with Gasteiger partial charge < -0.3 is 16.0 Å². The van der Waals surface area contributed by atoms with E-state index < -0.39 is 48.5 Å². The highest BCUT2D eigenvalue weighted by molar-refractivity contribution is 6.18. The van der Waals surface area contributed by atoms with Crippen molar-refractivity contribution in [3.8, 4) is 0 Å². The number of carbonyl (C=O) groups excluding carboxylic acids is 1. The molecule has 7 nitrogen and oxygen atoms in total. The minimum Gasteiger partial charge on any atom is -0.394 e. The molecule has 1 aromatic heterocycles. The Labute approximate surface area is 205 Å². The summed E-state index contributed by atoms with van der Waals surface area (Å²) in [5, 5.41) is 2.76. The largest absolute Gasteiger partial charge is 0.419 e. The van der Waals surface area contributed by atoms with Crippen LogP contribution in [0.2, 0.25) is 0 Å². The van der Waals surface area contributed by atoms with Crippen LogP contribution in [0.4, 0.5) is 27.9 Å². The third-order valence-corrected chi connectivity index (χ3v) is 6.00. The highest BCUT2D eigenvalue weighted by Crippen LogP contribution is 2.35. The monoisotopic (exact) mass is 510 g/mol. The molecule has 2 aromatic rings. The van der Waals surface area contributed by atoms with Crippen molar-refractivity contribution in [3.63, 3.8) is 0 Å². The number of hydrogen-bond donors (Lipinski definition) is 2. The zero-order valence-electron chi connectivity index (χ0n) is 20.0. The Balaban J connectivity index is 1.91. The summed E-state index contributed by atoms with van der Waals surface area (Å²) in [6.07, 6.45) is -2.41. The van der Waals surface area contributed by atoms with Crippen LogP contribution in [-0.2, 0) is 11.0 Å². The van der Waals surface area contributed by atoms with Crippen molar-refractivity contribution in [2.24, 2.45) is 16.6 Å². The highest BCUT2D eigenvalue weighted by atomic mass is 19.4. The number of aliphatic imine (C=N–C) groups is 1. The molecule has 1 unspecified atom stereocenters. The molecule has 0 aliphatic carbocycles. The number of likely N-dealkylation sites (tertiary alicyclic amines) is 1. The third kappa shape index (κ3) is 6.16. The first-order chi connectivity index (χ1) is 16.8. The molecule has 3 rings (SSSR count). The van der Waals surface area contributed by atoms with Gasteiger partial charge in [-0.25, -0.2) is 18.7 Å². The molecule has 0 bridgehead atoms. The van der Waals surface area contributed by atoms with Crippen molar-refractivity contribution >= 4 is 23.6 Å². The van der Waals surface area contributed by atoms with Gasteiger partial charge in [0.05, 0.1) is 18.2 Å². The summed E-state index contributed by atoms with van der Waals surface area (Å²) in [6, 6.07) is 6.40. The molecule has 1 amide bonds. The van der Waals surface area contributed by atoms with Gasteiger partial charge in [-0.3, -0.25) is 9.79 Å². The lowest BCUT2D eigenvalue weighted by Crippen LogP contribution is -2.58. The molecule has 1 aromatic carbocycles. The van der Waals surface area contributed by atoms with E-state index in [9.17, 15) is 26.7 Å². The van der Waals surface area contributed by atoms with Crippen molar-refractivity contribution in [3.05, 3.63) is 59.0 Å². The van der Waals surface area contributed by atoms with E-state index >= 15 is 0 Å². The average Bonchev–Trinajstić information content (AvgIpc) is 2.80. The molecule has 2 atom stereocenters. The summed E-state index contributed by atoms with van der Waals surface area (Å²) in [7, 11) is 1.50. The number of nitrogens with two attached hydrogens (primary N) is 1. The van der Waals surface area contributed by atoms with Crippen LogP contribution in [0.25, 0.3) is 5.57 Å². The molecular weight excluding hydrogens is 483 g/mol. The van der Waals surface area contributed by atoms with Gasteiger partial charge in [0.2, 0.25) is 5.95 Å². The molecule has 1 saturated heterocycles. The minimum atomic E-state index is -4.59. The number of amides is 1. The first-order valence-corrected chi connectivity index (χ1v) is 11.1. The zero-order valence-corrected chi connectivity index (χ0v) is 20.0. The standard InChI is InChI=1S/C24H27F5N6O/c1-14-6-4-5-7-17(14)18(11-31-3)20(30)21(36)35-13-23(25,26)8-15(2)19(35)12-34-22-32-9-16(10-33-22)24(27,28)29/h4-7,9-11,15,19H,8,12-13,30H2,1-3H3,(H,32,33,34)/t15-,19?/m1/s1. The number of aryl methyl sites for hydroxylation is 1. The number of benzene rings is 1. The maximum atomic E-state index is 14.5. The molecule has 1 aliphatic rings. The van der Waals surface area contributed by atoms with Crippen molar-refractivity contribution in [1.29, 1.82) is 0 Å². The summed E-state index contributed by atoms with van der Waals surface area (Å²) in [5.41, 5.74) is 6.74. The number of piperidine rings is 1. The van der Waals surface area contributed by atoms with Crippen molar-refractivity contribution in [2.75, 3.05) is 25.5 Å². The number of nitrogens with zero attached hydrogens (tertiary/aromatic N) is 4. The highest BCUT2D eigenvalue weighted by Gasteiger charge is 2.46. The lowest BCUT2D eigenvalue weighted by Gasteiger charge is -2.43. The van der Waals surface area contributed by atoms with Crippen LogP contribution < -0.4 is 11.1 Å². The smallest absolute Gasteiger partial charge is 0.394 e. The molecule has 1 fully saturated rings. The summed E-state index contributed by atoms with van der Waals surface area (Å²) in [5.74, 6) is -4.71. The van der Waals surface area contributed by atoms with Gasteiger partial charge in [0.15, 0.2) is 0 Å². The first kappa shape index (κ1) is 27.0. The van der Waals surface area contributed by atoms with Gasteiger partial charge in [-0.1, -0.05) is 31.2 Å². The lowest BCUT2D eigenvalue weighted by molar-refractivity contribution is -0.148. The van der Waals surface area contributed by atoms with E-state index in [4.69, 9.17) is 5.73 Å². The van der Waals surface area contributed by atoms with E-state index in [0.717, 1.165) is 10.5 Å². The summed E-state index contributed by atoms with van der Waals surface area (Å²) in [4.78, 5) is 25.7. The van der Waals surface area contributed by atoms with Crippen LogP contribution >= 0.6 is 0 Å². The Morgan fingerprint density at radius 1 is 1.28 bits per heavy atom. The van der Waals surface area contributed by atoms with E-state index in [2.05, 4.69) is 20.3 Å². The number of nitrogens with one attached hydrogen (secondary N) is 1. The summed E-state index contributed by atoms with van der Waals surface area (Å²) >= 11 is 0. The molecule has 3 N–H and O–H groups in total. The Morgan fingerprint density at radius 2 is 1.92 bits per heavy atom. The Morgan fingerprint density at radius 3 is 2.50 bits per heavy atom. The van der Waals surface area contributed by atoms with Crippen LogP contribution in [0.15, 0.2) is 47.3 Å². The fourth-order valence-electron chi connectivity index (χ4n) is 4.20. The number of anilines is 1. The quantitative estimate of drug-likeness (QED) is 0.346. The number of rotatable bonds is 6. The van der Waals surface area contributed by atoms with Gasteiger partial charge in [-0.2, -0.15) is 13.2 Å². The number of hydrogen-bond acceptors (Lipinski definition) is 6. The number of halogens is 5. The molecule has 0 radical (unpaired) electrons. The van der Waals surface area contributed by atoms with Crippen LogP contribution in [0.1, 0.15) is 30.0 Å². The average molecular weight is 511 g/mol. The maximum absolute atomic E-state index is 14.5. The predicted molar refractivity (Wildman–Crippen MR) is 126 cm³/mol. The van der Waals surface area contributed by atoms with E-state index in [0.29, 0.717) is 23.5 Å². The van der Waals surface area contributed by atoms with Crippen LogP contribution in [0.5, 0.6) is 0 Å². The fraction of sp³-hybridized carbons (Fsp3) is 0.417. The van der Waals surface area contributed by atoms with Crippen LogP contribution in [0, 0.1) is 12.8 Å². The SMILES string of the molecule is CN=CC(=C(N)C(=O)N1CC(F)(F)C[C@@H](C)C1CNc1ncc(C(F)(F)F)cn1)c1ccccc1C. The third-order valence-electron chi connectivity index (χ3n) is 6.00. The molecule has 36 heavy (non-hydrogen) atoms. The Kier molecular flexibility index (Phi) is 7.95. The van der Waals surface area contributed by atoms with Gasteiger partial charge in [-0.05, 0) is 24.0 Å². The number of allylic oxidation sites excluding steroid dienone is 1. The topological polar surface area (TPSA) is 96.5 Å². The van der Waals surface area contributed by atoms with E-state index in [-0.39, 0.29) is 18.2 Å². The molecule has 2 heterocycles. The van der Waals surface area contributed by atoms with Crippen LogP contribution in [-0.4, -0.2) is 59.1 Å². The second-order valence-electron chi connectivity index (χ2n) is 8.74. The molecule has 0 spiro atoms. The fourth-order valence-corrected chi connectivity index (χ4v) is 4.20. The second-order valence-corrected chi connectivity index (χ2v) is 8.74. The predicted octanol–water partition coefficient (Wildman–Crippen LogP) is 4.16. The number of alkyl halides is 5. The van der Waals surface area contributed by atoms with Crippen molar-refractivity contribution < 1.29 is 26.7 Å². The zero-order chi connectivity index (χ0) is 26.7. The van der Waals surface area contributed by atoms with Crippen LogP contribution in [0.3, 0.4) is 0 Å². The number of carbonyl (C=O) groups is 1. The van der Waals surface area contributed by atoms with Gasteiger partial charge in [-0.15, -0.1) is 0 Å². The Bertz CT molecular complexity index is 1150. The summed E-state index contributed by atoms with van der Waals surface area (Å²) < 4.78 is 67.3. The molecule has 12 heteroatoms. The van der Waals surface area contributed by atoms with Gasteiger partial charge in [0, 0.05) is 44.2 Å². The second kappa shape index (κ2) is 10.6. The van der Waals surface area contributed by atoms with E-state index in [1.54, 1.807) is 19.1 Å². The van der Waals surface area contributed by atoms with Gasteiger partial charge in [0.1, 0.15) is 5.70 Å². The number of aromatic nitrogens is 2. The van der Waals surface area contributed by atoms with Crippen molar-refractivity contribution in [2.45, 2.75) is 38.4 Å². The van der Waals surface area contributed by atoms with E-state index in [1.807, 2.05) is 19.1 Å². The normalized spacial score (nSPS) is 20.8. The van der Waals surface area contributed by atoms with Gasteiger partial charge in [0.25, 0.3) is 11.8 Å². The minimum absolute atomic E-state index is 0.0663.